The first-order chi connectivity index (χ1) is 17.5. The van der Waals surface area contributed by atoms with Crippen LogP contribution in [-0.4, -0.2) is 29.4 Å². The Bertz CT molecular complexity index is 1280. The summed E-state index contributed by atoms with van der Waals surface area (Å²) in [4.78, 5) is 45.7. The van der Waals surface area contributed by atoms with Gasteiger partial charge in [-0.05, 0) is 48.9 Å². The number of hydrogen-bond donors (Lipinski definition) is 0. The Morgan fingerprint density at radius 3 is 2.31 bits per heavy atom. The number of carbonyl (C=O) groups is 2. The molecule has 2 fully saturated rings. The van der Waals surface area contributed by atoms with Gasteiger partial charge >= 0.3 is 0 Å². The molecule has 5 rings (SSSR count). The molecule has 2 saturated heterocycles. The monoisotopic (exact) mass is 487 g/mol. The van der Waals surface area contributed by atoms with Gasteiger partial charge in [0.15, 0.2) is 6.10 Å². The van der Waals surface area contributed by atoms with E-state index in [4.69, 9.17) is 9.57 Å². The number of para-hydroxylation sites is 2. The summed E-state index contributed by atoms with van der Waals surface area (Å²) in [7, 11) is 0. The van der Waals surface area contributed by atoms with E-state index in [-0.39, 0.29) is 5.69 Å². The third-order valence-corrected chi connectivity index (χ3v) is 6.44. The van der Waals surface area contributed by atoms with Crippen LogP contribution in [0.25, 0.3) is 0 Å². The molecule has 0 spiro atoms. The number of nitrogens with zero attached hydrogens (tertiary/aromatic N) is 3. The summed E-state index contributed by atoms with van der Waals surface area (Å²) in [6, 6.07) is 21.1. The second kappa shape index (κ2) is 9.79. The number of hydrogen-bond acceptors (Lipinski definition) is 7. The van der Waals surface area contributed by atoms with Crippen LogP contribution < -0.4 is 14.7 Å². The van der Waals surface area contributed by atoms with Crippen LogP contribution >= 0.6 is 0 Å². The highest BCUT2D eigenvalue weighted by Crippen LogP contribution is 2.49. The fourth-order valence-electron chi connectivity index (χ4n) is 4.71. The van der Waals surface area contributed by atoms with E-state index in [0.29, 0.717) is 29.3 Å². The number of nitro groups is 1. The number of nitro benzene ring substituents is 1. The average molecular weight is 488 g/mol. The van der Waals surface area contributed by atoms with Gasteiger partial charge in [-0.2, -0.15) is 0 Å². The van der Waals surface area contributed by atoms with Crippen molar-refractivity contribution in [1.29, 1.82) is 0 Å². The van der Waals surface area contributed by atoms with Crippen molar-refractivity contribution in [2.45, 2.75) is 31.9 Å². The van der Waals surface area contributed by atoms with Crippen molar-refractivity contribution in [1.82, 2.24) is 0 Å². The van der Waals surface area contributed by atoms with Crippen LogP contribution in [0.1, 0.15) is 31.4 Å². The molecule has 0 radical (unpaired) electrons. The normalized spacial score (nSPS) is 21.1. The topological polar surface area (TPSA) is 102 Å². The molecule has 3 atom stereocenters. The lowest BCUT2D eigenvalue weighted by Crippen LogP contribution is -2.37. The molecule has 36 heavy (non-hydrogen) atoms. The van der Waals surface area contributed by atoms with Gasteiger partial charge in [0.1, 0.15) is 17.7 Å². The lowest BCUT2D eigenvalue weighted by Gasteiger charge is -2.28. The molecule has 0 bridgehead atoms. The minimum atomic E-state index is -1.11. The fourth-order valence-corrected chi connectivity index (χ4v) is 4.71. The summed E-state index contributed by atoms with van der Waals surface area (Å²) in [5, 5.41) is 13.3. The second-order valence-electron chi connectivity index (χ2n) is 8.68. The molecule has 9 heteroatoms. The first-order valence-corrected chi connectivity index (χ1v) is 11.9. The highest BCUT2D eigenvalue weighted by Gasteiger charge is 2.61. The van der Waals surface area contributed by atoms with Gasteiger partial charge in [0.05, 0.1) is 28.5 Å². The van der Waals surface area contributed by atoms with Crippen LogP contribution in [0.2, 0.25) is 0 Å². The van der Waals surface area contributed by atoms with Crippen molar-refractivity contribution >= 4 is 28.9 Å². The summed E-state index contributed by atoms with van der Waals surface area (Å²) < 4.78 is 5.68. The third kappa shape index (κ3) is 4.07. The molecular formula is C27H25N3O6. The standard InChI is InChI=1S/C27H25N3O6/c1-2-3-17-35-20-15-13-18(14-16-20)28-26(31)23-24(21-11-7-8-12-22(21)30(33)34)29(36-25(23)27(28)32)19-9-5-4-6-10-19/h4-16,23-25H,2-3,17H2,1H3. The SMILES string of the molecule is CCCCOc1ccc(N2C(=O)C3ON(c4ccccc4)C(c4ccccc4[N+](=O)[O-])C3C2=O)cc1. The van der Waals surface area contributed by atoms with Gasteiger partial charge in [-0.1, -0.05) is 43.7 Å². The molecule has 3 unspecified atom stereocenters. The van der Waals surface area contributed by atoms with E-state index in [2.05, 4.69) is 6.92 Å². The van der Waals surface area contributed by atoms with Gasteiger partial charge in [-0.25, -0.2) is 9.96 Å². The van der Waals surface area contributed by atoms with Crippen LogP contribution in [0, 0.1) is 16.0 Å². The zero-order chi connectivity index (χ0) is 25.2. The number of ether oxygens (including phenoxy) is 1. The van der Waals surface area contributed by atoms with Crippen molar-refractivity contribution in [3.63, 3.8) is 0 Å². The van der Waals surface area contributed by atoms with Crippen molar-refractivity contribution in [3.8, 4) is 5.75 Å². The van der Waals surface area contributed by atoms with Crippen LogP contribution in [0.15, 0.2) is 78.9 Å². The van der Waals surface area contributed by atoms with Gasteiger partial charge in [0.25, 0.3) is 11.6 Å². The third-order valence-electron chi connectivity index (χ3n) is 6.44. The Morgan fingerprint density at radius 1 is 0.917 bits per heavy atom. The molecule has 0 saturated carbocycles. The fraction of sp³-hybridized carbons (Fsp3) is 0.259. The minimum absolute atomic E-state index is 0.139. The number of unbranched alkanes of at least 4 members (excludes halogenated alkanes) is 1. The molecule has 0 N–H and O–H groups in total. The van der Waals surface area contributed by atoms with Crippen LogP contribution in [-0.2, 0) is 14.4 Å². The number of amides is 2. The molecule has 3 aromatic rings. The number of carbonyl (C=O) groups excluding carboxylic acids is 2. The van der Waals surface area contributed by atoms with E-state index in [1.807, 2.05) is 6.07 Å². The molecule has 2 aliphatic rings. The summed E-state index contributed by atoms with van der Waals surface area (Å²) in [5.41, 5.74) is 1.16. The highest BCUT2D eigenvalue weighted by molar-refractivity contribution is 6.24. The molecular weight excluding hydrogens is 462 g/mol. The summed E-state index contributed by atoms with van der Waals surface area (Å²) in [5.74, 6) is -1.28. The molecule has 2 heterocycles. The summed E-state index contributed by atoms with van der Waals surface area (Å²) in [6.45, 7) is 2.66. The summed E-state index contributed by atoms with van der Waals surface area (Å²) >= 11 is 0. The maximum absolute atomic E-state index is 13.7. The second-order valence-corrected chi connectivity index (χ2v) is 8.68. The number of benzene rings is 3. The molecule has 2 amide bonds. The number of imide groups is 1. The molecule has 2 aliphatic heterocycles. The molecule has 184 valence electrons. The maximum Gasteiger partial charge on any atom is 0.274 e. The van der Waals surface area contributed by atoms with Gasteiger partial charge < -0.3 is 4.74 Å². The minimum Gasteiger partial charge on any atom is -0.494 e. The highest BCUT2D eigenvalue weighted by atomic mass is 16.7. The zero-order valence-electron chi connectivity index (χ0n) is 19.7. The van der Waals surface area contributed by atoms with Crippen molar-refractivity contribution in [3.05, 3.63) is 94.5 Å². The Balaban J connectivity index is 1.51. The van der Waals surface area contributed by atoms with Crippen LogP contribution in [0.3, 0.4) is 0 Å². The quantitative estimate of drug-likeness (QED) is 0.194. The Morgan fingerprint density at radius 2 is 1.61 bits per heavy atom. The molecule has 0 aromatic heterocycles. The van der Waals surface area contributed by atoms with E-state index in [9.17, 15) is 19.7 Å². The van der Waals surface area contributed by atoms with Crippen molar-refractivity contribution in [2.24, 2.45) is 5.92 Å². The number of hydroxylamine groups is 1. The van der Waals surface area contributed by atoms with Gasteiger partial charge in [-0.3, -0.25) is 24.5 Å². The number of rotatable bonds is 8. The number of fused-ring (bicyclic) bond motifs is 1. The van der Waals surface area contributed by atoms with Crippen molar-refractivity contribution < 1.29 is 24.1 Å². The van der Waals surface area contributed by atoms with Crippen LogP contribution in [0.4, 0.5) is 17.1 Å². The Kier molecular flexibility index (Phi) is 6.39. The first kappa shape index (κ1) is 23.5. The average Bonchev–Trinajstić information content (AvgIpc) is 3.41. The molecule has 3 aromatic carbocycles. The first-order valence-electron chi connectivity index (χ1n) is 11.9. The van der Waals surface area contributed by atoms with Gasteiger partial charge in [-0.15, -0.1) is 0 Å². The van der Waals surface area contributed by atoms with E-state index in [1.54, 1.807) is 66.7 Å². The van der Waals surface area contributed by atoms with Gasteiger partial charge in [0.2, 0.25) is 5.91 Å². The van der Waals surface area contributed by atoms with Crippen molar-refractivity contribution in [2.75, 3.05) is 16.6 Å². The lowest BCUT2D eigenvalue weighted by atomic mass is 9.89. The summed E-state index contributed by atoms with van der Waals surface area (Å²) in [6.07, 6.45) is 0.831. The number of anilines is 2. The smallest absolute Gasteiger partial charge is 0.274 e. The molecule has 0 aliphatic carbocycles. The van der Waals surface area contributed by atoms with E-state index < -0.39 is 34.8 Å². The zero-order valence-corrected chi connectivity index (χ0v) is 19.7. The Labute approximate surface area is 207 Å². The van der Waals surface area contributed by atoms with E-state index in [1.165, 1.54) is 11.1 Å². The Hall–Kier alpha value is -4.24. The lowest BCUT2D eigenvalue weighted by molar-refractivity contribution is -0.385. The van der Waals surface area contributed by atoms with Gasteiger partial charge in [0, 0.05) is 6.07 Å². The van der Waals surface area contributed by atoms with E-state index in [0.717, 1.165) is 17.7 Å². The van der Waals surface area contributed by atoms with E-state index >= 15 is 0 Å². The molecule has 9 nitrogen and oxygen atoms in total. The predicted molar refractivity (Wildman–Crippen MR) is 132 cm³/mol. The predicted octanol–water partition coefficient (Wildman–Crippen LogP) is 4.82. The maximum atomic E-state index is 13.7. The van der Waals surface area contributed by atoms with Crippen LogP contribution in [0.5, 0.6) is 5.75 Å². The largest absolute Gasteiger partial charge is 0.494 e.